The fourth-order valence-corrected chi connectivity index (χ4v) is 2.99. The summed E-state index contributed by atoms with van der Waals surface area (Å²) in [6.07, 6.45) is 2.28. The van der Waals surface area contributed by atoms with E-state index in [4.69, 9.17) is 4.52 Å². The third-order valence-electron chi connectivity index (χ3n) is 4.12. The largest absolute Gasteiger partial charge is 0.339 e. The van der Waals surface area contributed by atoms with Crippen molar-refractivity contribution in [2.75, 3.05) is 13.1 Å². The number of rotatable bonds is 2. The van der Waals surface area contributed by atoms with E-state index in [2.05, 4.69) is 39.7 Å². The summed E-state index contributed by atoms with van der Waals surface area (Å²) in [4.78, 5) is 4.64. The molecule has 4 nitrogen and oxygen atoms in total. The van der Waals surface area contributed by atoms with Gasteiger partial charge in [0, 0.05) is 12.1 Å². The number of nitrogens with one attached hydrogen (secondary N) is 1. The Morgan fingerprint density at radius 3 is 2.90 bits per heavy atom. The van der Waals surface area contributed by atoms with E-state index in [1.165, 1.54) is 5.39 Å². The van der Waals surface area contributed by atoms with E-state index in [1.54, 1.807) is 0 Å². The van der Waals surface area contributed by atoms with Crippen LogP contribution < -0.4 is 5.32 Å². The minimum absolute atomic E-state index is 0.343. The Hall–Kier alpha value is -2.20. The van der Waals surface area contributed by atoms with E-state index in [0.717, 1.165) is 42.8 Å². The summed E-state index contributed by atoms with van der Waals surface area (Å²) < 4.78 is 5.51. The van der Waals surface area contributed by atoms with Crippen molar-refractivity contribution in [1.82, 2.24) is 15.5 Å². The molecule has 1 N–H and O–H groups in total. The van der Waals surface area contributed by atoms with E-state index in [1.807, 2.05) is 18.2 Å². The standard InChI is InChI=1S/C17H17N3O/c1-2-8-14-12(5-1)6-3-9-15(14)16-19-17(21-20-16)13-7-4-10-18-11-13/h1-3,5-6,8-9,13,18H,4,7,10-11H2/t13-/m0/s1. The summed E-state index contributed by atoms with van der Waals surface area (Å²) in [6, 6.07) is 14.5. The summed E-state index contributed by atoms with van der Waals surface area (Å²) in [5.41, 5.74) is 1.03. The van der Waals surface area contributed by atoms with Gasteiger partial charge in [0.05, 0.1) is 5.92 Å². The Morgan fingerprint density at radius 1 is 1.10 bits per heavy atom. The van der Waals surface area contributed by atoms with Crippen LogP contribution in [0, 0.1) is 0 Å². The average Bonchev–Trinajstić information content (AvgIpc) is 3.05. The molecule has 1 aromatic heterocycles. The first-order chi connectivity index (χ1) is 10.4. The van der Waals surface area contributed by atoms with Gasteiger partial charge in [-0.15, -0.1) is 0 Å². The van der Waals surface area contributed by atoms with Crippen molar-refractivity contribution < 1.29 is 4.52 Å². The summed E-state index contributed by atoms with van der Waals surface area (Å²) >= 11 is 0. The molecule has 1 aliphatic rings. The first kappa shape index (κ1) is 12.5. The number of fused-ring (bicyclic) bond motifs is 1. The summed E-state index contributed by atoms with van der Waals surface area (Å²) in [5.74, 6) is 1.78. The number of benzene rings is 2. The minimum atomic E-state index is 0.343. The number of hydrogen-bond donors (Lipinski definition) is 1. The molecule has 0 bridgehead atoms. The topological polar surface area (TPSA) is 51.0 Å². The molecule has 3 aromatic rings. The number of nitrogens with zero attached hydrogens (tertiary/aromatic N) is 2. The molecule has 1 saturated heterocycles. The monoisotopic (exact) mass is 279 g/mol. The highest BCUT2D eigenvalue weighted by Gasteiger charge is 2.22. The minimum Gasteiger partial charge on any atom is -0.339 e. The van der Waals surface area contributed by atoms with Crippen molar-refractivity contribution in [3.8, 4) is 11.4 Å². The maximum Gasteiger partial charge on any atom is 0.231 e. The number of hydrogen-bond acceptors (Lipinski definition) is 4. The van der Waals surface area contributed by atoms with Crippen LogP contribution in [0.4, 0.5) is 0 Å². The Balaban J connectivity index is 1.74. The quantitative estimate of drug-likeness (QED) is 0.781. The fourth-order valence-electron chi connectivity index (χ4n) is 2.99. The summed E-state index contributed by atoms with van der Waals surface area (Å²) in [7, 11) is 0. The Kier molecular flexibility index (Phi) is 3.16. The molecule has 2 aromatic carbocycles. The highest BCUT2D eigenvalue weighted by atomic mass is 16.5. The van der Waals surface area contributed by atoms with Crippen molar-refractivity contribution >= 4 is 10.8 Å². The predicted molar refractivity (Wildman–Crippen MR) is 82.1 cm³/mol. The molecular formula is C17H17N3O. The van der Waals surface area contributed by atoms with Gasteiger partial charge in [0.2, 0.25) is 11.7 Å². The molecule has 1 aliphatic heterocycles. The molecule has 4 rings (SSSR count). The molecule has 4 heteroatoms. The molecule has 21 heavy (non-hydrogen) atoms. The molecule has 2 heterocycles. The lowest BCUT2D eigenvalue weighted by Gasteiger charge is -2.18. The number of piperidine rings is 1. The third-order valence-corrected chi connectivity index (χ3v) is 4.12. The van der Waals surface area contributed by atoms with E-state index < -0.39 is 0 Å². The Morgan fingerprint density at radius 2 is 2.00 bits per heavy atom. The second-order valence-corrected chi connectivity index (χ2v) is 5.53. The second-order valence-electron chi connectivity index (χ2n) is 5.53. The zero-order valence-corrected chi connectivity index (χ0v) is 11.7. The molecule has 0 unspecified atom stereocenters. The van der Waals surface area contributed by atoms with Crippen LogP contribution in [0.2, 0.25) is 0 Å². The van der Waals surface area contributed by atoms with Gasteiger partial charge in [-0.1, -0.05) is 47.6 Å². The molecule has 0 radical (unpaired) electrons. The molecule has 106 valence electrons. The molecule has 0 amide bonds. The van der Waals surface area contributed by atoms with Crippen LogP contribution in [0.15, 0.2) is 47.0 Å². The Bertz CT molecular complexity index is 754. The Labute approximate surface area is 123 Å². The van der Waals surface area contributed by atoms with Gasteiger partial charge >= 0.3 is 0 Å². The molecular weight excluding hydrogens is 262 g/mol. The van der Waals surface area contributed by atoms with Crippen molar-refractivity contribution in [3.05, 3.63) is 48.4 Å². The maximum absolute atomic E-state index is 5.51. The van der Waals surface area contributed by atoms with Crippen LogP contribution in [0.5, 0.6) is 0 Å². The van der Waals surface area contributed by atoms with E-state index in [-0.39, 0.29) is 0 Å². The highest BCUT2D eigenvalue weighted by molar-refractivity contribution is 5.94. The van der Waals surface area contributed by atoms with Gasteiger partial charge in [0.1, 0.15) is 0 Å². The second kappa shape index (κ2) is 5.30. The third kappa shape index (κ3) is 2.32. The van der Waals surface area contributed by atoms with Crippen molar-refractivity contribution in [1.29, 1.82) is 0 Å². The smallest absolute Gasteiger partial charge is 0.231 e. The summed E-state index contributed by atoms with van der Waals surface area (Å²) in [6.45, 7) is 2.01. The molecule has 0 saturated carbocycles. The average molecular weight is 279 g/mol. The van der Waals surface area contributed by atoms with Crippen LogP contribution in [0.1, 0.15) is 24.7 Å². The van der Waals surface area contributed by atoms with Crippen LogP contribution in [-0.4, -0.2) is 23.2 Å². The molecule has 1 atom stereocenters. The van der Waals surface area contributed by atoms with Crippen LogP contribution in [0.3, 0.4) is 0 Å². The molecule has 0 spiro atoms. The van der Waals surface area contributed by atoms with Crippen molar-refractivity contribution in [2.24, 2.45) is 0 Å². The van der Waals surface area contributed by atoms with Gasteiger partial charge in [0.15, 0.2) is 0 Å². The first-order valence-corrected chi connectivity index (χ1v) is 7.44. The van der Waals surface area contributed by atoms with Gasteiger partial charge in [-0.05, 0) is 30.2 Å². The SMILES string of the molecule is c1ccc2c(-c3noc([C@H]4CCCNC4)n3)cccc2c1. The van der Waals surface area contributed by atoms with Gasteiger partial charge < -0.3 is 9.84 Å². The van der Waals surface area contributed by atoms with Gasteiger partial charge in [0.25, 0.3) is 0 Å². The summed E-state index contributed by atoms with van der Waals surface area (Å²) in [5, 5.41) is 9.94. The first-order valence-electron chi connectivity index (χ1n) is 7.44. The van der Waals surface area contributed by atoms with Gasteiger partial charge in [-0.25, -0.2) is 0 Å². The van der Waals surface area contributed by atoms with Crippen molar-refractivity contribution in [3.63, 3.8) is 0 Å². The van der Waals surface area contributed by atoms with Gasteiger partial charge in [-0.3, -0.25) is 0 Å². The normalized spacial score (nSPS) is 19.0. The predicted octanol–water partition coefficient (Wildman–Crippen LogP) is 3.36. The lowest BCUT2D eigenvalue weighted by atomic mass is 10.00. The molecule has 1 fully saturated rings. The fraction of sp³-hybridized carbons (Fsp3) is 0.294. The number of aromatic nitrogens is 2. The van der Waals surface area contributed by atoms with Crippen molar-refractivity contribution in [2.45, 2.75) is 18.8 Å². The van der Waals surface area contributed by atoms with E-state index in [9.17, 15) is 0 Å². The maximum atomic E-state index is 5.51. The van der Waals surface area contributed by atoms with Gasteiger partial charge in [-0.2, -0.15) is 4.98 Å². The highest BCUT2D eigenvalue weighted by Crippen LogP contribution is 2.29. The van der Waals surface area contributed by atoms with Crippen LogP contribution in [0.25, 0.3) is 22.2 Å². The lowest BCUT2D eigenvalue weighted by Crippen LogP contribution is -2.28. The lowest BCUT2D eigenvalue weighted by molar-refractivity contribution is 0.322. The van der Waals surface area contributed by atoms with Crippen LogP contribution in [-0.2, 0) is 0 Å². The van der Waals surface area contributed by atoms with E-state index >= 15 is 0 Å². The van der Waals surface area contributed by atoms with E-state index in [0.29, 0.717) is 11.7 Å². The zero-order valence-electron chi connectivity index (χ0n) is 11.7. The molecule has 0 aliphatic carbocycles. The zero-order chi connectivity index (χ0) is 14.1. The van der Waals surface area contributed by atoms with Crippen LogP contribution >= 0.6 is 0 Å².